The van der Waals surface area contributed by atoms with E-state index in [2.05, 4.69) is 0 Å². The van der Waals surface area contributed by atoms with Crippen LogP contribution in [0.2, 0.25) is 5.02 Å². The number of benzene rings is 1. The minimum atomic E-state index is -4.32. The van der Waals surface area contributed by atoms with E-state index in [9.17, 15) is 13.2 Å². The summed E-state index contributed by atoms with van der Waals surface area (Å²) in [4.78, 5) is -0.0306. The minimum absolute atomic E-state index is 0.0306. The third-order valence-corrected chi connectivity index (χ3v) is 2.26. The second kappa shape index (κ2) is 3.67. The third kappa shape index (κ3) is 3.36. The van der Waals surface area contributed by atoms with E-state index in [0.29, 0.717) is 5.02 Å². The molecule has 0 aliphatic heterocycles. The predicted molar refractivity (Wildman–Crippen MR) is 47.8 cm³/mol. The zero-order valence-electron chi connectivity index (χ0n) is 6.23. The smallest absolute Gasteiger partial charge is 0.398 e. The molecule has 0 bridgehead atoms. The molecule has 0 aromatic heterocycles. The van der Waals surface area contributed by atoms with Gasteiger partial charge in [-0.1, -0.05) is 11.6 Å². The van der Waals surface area contributed by atoms with Crippen molar-refractivity contribution in [1.29, 1.82) is 0 Å². The summed E-state index contributed by atoms with van der Waals surface area (Å²) in [5.74, 6) is 0. The molecule has 0 saturated heterocycles. The highest BCUT2D eigenvalue weighted by Crippen LogP contribution is 2.40. The first-order chi connectivity index (χ1) is 5.88. The molecule has 72 valence electrons. The van der Waals surface area contributed by atoms with Gasteiger partial charge < -0.3 is 5.73 Å². The van der Waals surface area contributed by atoms with Crippen LogP contribution >= 0.6 is 23.4 Å². The number of nitrogens with two attached hydrogens (primary N) is 1. The van der Waals surface area contributed by atoms with Crippen LogP contribution in [0, 0.1) is 0 Å². The molecule has 0 heterocycles. The summed E-state index contributed by atoms with van der Waals surface area (Å²) in [6.07, 6.45) is 0. The van der Waals surface area contributed by atoms with E-state index in [1.165, 1.54) is 18.2 Å². The van der Waals surface area contributed by atoms with E-state index in [1.54, 1.807) is 0 Å². The fourth-order valence-corrected chi connectivity index (χ4v) is 1.48. The first-order valence-corrected chi connectivity index (χ1v) is 4.39. The first kappa shape index (κ1) is 10.5. The summed E-state index contributed by atoms with van der Waals surface area (Å²) in [6.45, 7) is 0. The Morgan fingerprint density at radius 3 is 2.38 bits per heavy atom. The van der Waals surface area contributed by atoms with Crippen LogP contribution in [0.1, 0.15) is 0 Å². The molecule has 0 aliphatic carbocycles. The predicted octanol–water partition coefficient (Wildman–Crippen LogP) is 3.53. The number of alkyl halides is 3. The number of rotatable bonds is 1. The molecule has 2 N–H and O–H groups in total. The summed E-state index contributed by atoms with van der Waals surface area (Å²) in [6, 6.07) is 3.90. The molecule has 0 atom stereocenters. The fraction of sp³-hybridized carbons (Fsp3) is 0.143. The van der Waals surface area contributed by atoms with Crippen LogP contribution in [0.15, 0.2) is 23.1 Å². The molecule has 1 aromatic rings. The summed E-state index contributed by atoms with van der Waals surface area (Å²) < 4.78 is 35.7. The van der Waals surface area contributed by atoms with Crippen LogP contribution in [-0.2, 0) is 0 Å². The van der Waals surface area contributed by atoms with Crippen molar-refractivity contribution in [2.24, 2.45) is 0 Å². The molecule has 0 aliphatic rings. The lowest BCUT2D eigenvalue weighted by atomic mass is 10.3. The maximum atomic E-state index is 11.9. The lowest BCUT2D eigenvalue weighted by Gasteiger charge is -2.07. The molecule has 0 unspecified atom stereocenters. The fourth-order valence-electron chi connectivity index (χ4n) is 0.737. The van der Waals surface area contributed by atoms with E-state index < -0.39 is 5.51 Å². The second-order valence-corrected chi connectivity index (χ2v) is 3.77. The van der Waals surface area contributed by atoms with Crippen molar-refractivity contribution in [2.45, 2.75) is 10.4 Å². The van der Waals surface area contributed by atoms with E-state index >= 15 is 0 Å². The summed E-state index contributed by atoms with van der Waals surface area (Å²) in [5, 5.41) is 0.323. The standard InChI is InChI=1S/C7H5ClF3NS/c8-4-1-2-6(5(12)3-4)13-7(9,10)11/h1-3H,12H2. The SMILES string of the molecule is Nc1cc(Cl)ccc1SC(F)(F)F. The third-order valence-electron chi connectivity index (χ3n) is 1.20. The Bertz CT molecular complexity index is 313. The van der Waals surface area contributed by atoms with Crippen molar-refractivity contribution < 1.29 is 13.2 Å². The monoisotopic (exact) mass is 227 g/mol. The molecule has 0 fully saturated rings. The Balaban J connectivity index is 2.90. The maximum absolute atomic E-state index is 11.9. The average molecular weight is 228 g/mol. The Labute approximate surface area is 82.1 Å². The zero-order chi connectivity index (χ0) is 10.1. The zero-order valence-corrected chi connectivity index (χ0v) is 7.80. The molecule has 0 radical (unpaired) electrons. The van der Waals surface area contributed by atoms with Gasteiger partial charge in [-0.3, -0.25) is 0 Å². The topological polar surface area (TPSA) is 26.0 Å². The van der Waals surface area contributed by atoms with Crippen LogP contribution in [0.3, 0.4) is 0 Å². The minimum Gasteiger partial charge on any atom is -0.398 e. The van der Waals surface area contributed by atoms with Gasteiger partial charge in [-0.2, -0.15) is 13.2 Å². The number of hydrogen-bond acceptors (Lipinski definition) is 2. The van der Waals surface area contributed by atoms with Gasteiger partial charge in [0.2, 0.25) is 0 Å². The van der Waals surface area contributed by atoms with Gasteiger partial charge in [-0.25, -0.2) is 0 Å². The van der Waals surface area contributed by atoms with Gasteiger partial charge in [0.15, 0.2) is 0 Å². The van der Waals surface area contributed by atoms with Gasteiger partial charge in [-0.05, 0) is 30.0 Å². The van der Waals surface area contributed by atoms with Gasteiger partial charge in [0.05, 0.1) is 0 Å². The Morgan fingerprint density at radius 2 is 1.92 bits per heavy atom. The van der Waals surface area contributed by atoms with Crippen LogP contribution in [-0.4, -0.2) is 5.51 Å². The lowest BCUT2D eigenvalue weighted by Crippen LogP contribution is -2.00. The van der Waals surface area contributed by atoms with Crippen LogP contribution < -0.4 is 5.73 Å². The van der Waals surface area contributed by atoms with Crippen LogP contribution in [0.25, 0.3) is 0 Å². The van der Waals surface area contributed by atoms with Gasteiger partial charge in [-0.15, -0.1) is 0 Å². The van der Waals surface area contributed by atoms with E-state index in [0.717, 1.165) is 0 Å². The molecule has 1 aromatic carbocycles. The van der Waals surface area contributed by atoms with Crippen LogP contribution in [0.5, 0.6) is 0 Å². The molecular formula is C7H5ClF3NS. The second-order valence-electron chi connectivity index (χ2n) is 2.23. The van der Waals surface area contributed by atoms with Crippen LogP contribution in [0.4, 0.5) is 18.9 Å². The lowest BCUT2D eigenvalue weighted by molar-refractivity contribution is -0.0327. The summed E-state index contributed by atoms with van der Waals surface area (Å²) >= 11 is 5.27. The van der Waals surface area contributed by atoms with E-state index in [1.807, 2.05) is 0 Å². The quantitative estimate of drug-likeness (QED) is 0.587. The van der Waals surface area contributed by atoms with Crippen molar-refractivity contribution >= 4 is 29.1 Å². The van der Waals surface area contributed by atoms with E-state index in [4.69, 9.17) is 17.3 Å². The molecule has 1 nitrogen and oxygen atoms in total. The molecule has 6 heteroatoms. The molecular weight excluding hydrogens is 223 g/mol. The molecule has 0 saturated carbocycles. The van der Waals surface area contributed by atoms with Gasteiger partial charge in [0, 0.05) is 15.6 Å². The Hall–Kier alpha value is -0.550. The number of anilines is 1. The summed E-state index contributed by atoms with van der Waals surface area (Å²) in [7, 11) is 0. The number of nitrogen functional groups attached to an aromatic ring is 1. The largest absolute Gasteiger partial charge is 0.446 e. The normalized spacial score (nSPS) is 11.7. The van der Waals surface area contributed by atoms with Gasteiger partial charge in [0.1, 0.15) is 0 Å². The van der Waals surface area contributed by atoms with Crippen molar-refractivity contribution in [3.05, 3.63) is 23.2 Å². The highest BCUT2D eigenvalue weighted by molar-refractivity contribution is 8.00. The maximum Gasteiger partial charge on any atom is 0.446 e. The van der Waals surface area contributed by atoms with Gasteiger partial charge in [0.25, 0.3) is 0 Å². The number of hydrogen-bond donors (Lipinski definition) is 1. The average Bonchev–Trinajstić information content (AvgIpc) is 1.93. The molecule has 1 rings (SSSR count). The van der Waals surface area contributed by atoms with Crippen molar-refractivity contribution in [3.8, 4) is 0 Å². The summed E-state index contributed by atoms with van der Waals surface area (Å²) in [5.41, 5.74) is 1.04. The Morgan fingerprint density at radius 1 is 1.31 bits per heavy atom. The first-order valence-electron chi connectivity index (χ1n) is 3.19. The molecule has 13 heavy (non-hydrogen) atoms. The van der Waals surface area contributed by atoms with Crippen molar-refractivity contribution in [2.75, 3.05) is 5.73 Å². The number of thioether (sulfide) groups is 1. The highest BCUT2D eigenvalue weighted by atomic mass is 35.5. The molecule has 0 amide bonds. The van der Waals surface area contributed by atoms with Crippen molar-refractivity contribution in [3.63, 3.8) is 0 Å². The molecule has 0 spiro atoms. The van der Waals surface area contributed by atoms with Crippen molar-refractivity contribution in [1.82, 2.24) is 0 Å². The number of halogens is 4. The Kier molecular flexibility index (Phi) is 2.98. The van der Waals surface area contributed by atoms with Gasteiger partial charge >= 0.3 is 5.51 Å². The highest BCUT2D eigenvalue weighted by Gasteiger charge is 2.30. The van der Waals surface area contributed by atoms with E-state index in [-0.39, 0.29) is 22.3 Å².